The Kier molecular flexibility index (Phi) is 6.44. The second-order valence-electron chi connectivity index (χ2n) is 9.54. The zero-order valence-electron chi connectivity index (χ0n) is 18.3. The summed E-state index contributed by atoms with van der Waals surface area (Å²) in [5.74, 6) is 0.875. The first kappa shape index (κ1) is 22.3. The van der Waals surface area contributed by atoms with Gasteiger partial charge in [0.1, 0.15) is 10.6 Å². The Balaban J connectivity index is 1.31. The van der Waals surface area contributed by atoms with Crippen molar-refractivity contribution in [2.75, 3.05) is 13.1 Å². The maximum Gasteiger partial charge on any atom is 0.265 e. The van der Waals surface area contributed by atoms with E-state index in [1.54, 1.807) is 7.05 Å². The number of hydrogen-bond acceptors (Lipinski definition) is 4. The molecule has 2 aliphatic carbocycles. The van der Waals surface area contributed by atoms with Crippen LogP contribution in [0.4, 0.5) is 0 Å². The number of amides is 2. The second kappa shape index (κ2) is 8.94. The monoisotopic (exact) mass is 450 g/mol. The summed E-state index contributed by atoms with van der Waals surface area (Å²) in [7, 11) is -2.12. The normalized spacial score (nSPS) is 28.1. The molecule has 1 aromatic heterocycles. The molecule has 3 aliphatic rings. The van der Waals surface area contributed by atoms with Crippen LogP contribution >= 0.6 is 0 Å². The third kappa shape index (κ3) is 4.67. The number of nitrogens with two attached hydrogens (primary N) is 1. The van der Waals surface area contributed by atoms with E-state index in [0.717, 1.165) is 24.7 Å². The fourth-order valence-corrected chi connectivity index (χ4v) is 7.29. The SMILES string of the molecule is Cn1cc(S(=O)(=O)N2CCC(C(=O)N[C@@H]3CC[C@H]4CCCC[C@H]4C3)CC2)cc1C(N)=O. The van der Waals surface area contributed by atoms with Crippen LogP contribution in [0.25, 0.3) is 0 Å². The summed E-state index contributed by atoms with van der Waals surface area (Å²) in [6.07, 6.45) is 11.1. The number of nitrogens with zero attached hydrogens (tertiary/aromatic N) is 2. The van der Waals surface area contributed by atoms with Crippen LogP contribution in [0.5, 0.6) is 0 Å². The summed E-state index contributed by atoms with van der Waals surface area (Å²) >= 11 is 0. The molecule has 0 aromatic carbocycles. The summed E-state index contributed by atoms with van der Waals surface area (Å²) in [6, 6.07) is 1.59. The van der Waals surface area contributed by atoms with E-state index in [4.69, 9.17) is 5.73 Å². The van der Waals surface area contributed by atoms with Gasteiger partial charge in [0.15, 0.2) is 0 Å². The highest BCUT2D eigenvalue weighted by Crippen LogP contribution is 2.40. The Labute approximate surface area is 184 Å². The van der Waals surface area contributed by atoms with E-state index in [1.165, 1.54) is 53.2 Å². The summed E-state index contributed by atoms with van der Waals surface area (Å²) in [5, 5.41) is 3.27. The number of rotatable bonds is 5. The molecule has 172 valence electrons. The minimum absolute atomic E-state index is 0.0657. The van der Waals surface area contributed by atoms with Crippen molar-refractivity contribution >= 4 is 21.8 Å². The summed E-state index contributed by atoms with van der Waals surface area (Å²) in [5.41, 5.74) is 5.45. The van der Waals surface area contributed by atoms with Gasteiger partial charge in [-0.1, -0.05) is 25.7 Å². The molecule has 1 saturated heterocycles. The van der Waals surface area contributed by atoms with E-state index in [1.807, 2.05) is 0 Å². The highest BCUT2D eigenvalue weighted by atomic mass is 32.2. The fraction of sp³-hybridized carbons (Fsp3) is 0.727. The lowest BCUT2D eigenvalue weighted by molar-refractivity contribution is -0.127. The van der Waals surface area contributed by atoms with Gasteiger partial charge in [-0.3, -0.25) is 9.59 Å². The third-order valence-corrected chi connectivity index (χ3v) is 9.44. The molecule has 0 radical (unpaired) electrons. The van der Waals surface area contributed by atoms with Gasteiger partial charge in [0.2, 0.25) is 15.9 Å². The zero-order valence-corrected chi connectivity index (χ0v) is 19.1. The van der Waals surface area contributed by atoms with Crippen LogP contribution < -0.4 is 11.1 Å². The molecule has 31 heavy (non-hydrogen) atoms. The van der Waals surface area contributed by atoms with E-state index >= 15 is 0 Å². The van der Waals surface area contributed by atoms with Crippen LogP contribution in [-0.2, 0) is 21.9 Å². The van der Waals surface area contributed by atoms with Gasteiger partial charge < -0.3 is 15.6 Å². The number of fused-ring (bicyclic) bond motifs is 1. The molecule has 2 amide bonds. The molecule has 9 heteroatoms. The molecule has 0 spiro atoms. The van der Waals surface area contributed by atoms with Crippen LogP contribution in [-0.4, -0.2) is 48.2 Å². The zero-order chi connectivity index (χ0) is 22.2. The first-order valence-corrected chi connectivity index (χ1v) is 13.0. The van der Waals surface area contributed by atoms with Gasteiger partial charge in [-0.2, -0.15) is 4.31 Å². The molecule has 1 aromatic rings. The van der Waals surface area contributed by atoms with Gasteiger partial charge in [-0.25, -0.2) is 8.42 Å². The van der Waals surface area contributed by atoms with E-state index < -0.39 is 15.9 Å². The highest BCUT2D eigenvalue weighted by molar-refractivity contribution is 7.89. The van der Waals surface area contributed by atoms with Crippen molar-refractivity contribution < 1.29 is 18.0 Å². The molecule has 0 unspecified atom stereocenters. The van der Waals surface area contributed by atoms with Gasteiger partial charge in [-0.15, -0.1) is 0 Å². The van der Waals surface area contributed by atoms with Crippen LogP contribution in [0, 0.1) is 17.8 Å². The van der Waals surface area contributed by atoms with Crippen molar-refractivity contribution in [1.29, 1.82) is 0 Å². The number of aryl methyl sites for hydroxylation is 1. The standard InChI is InChI=1S/C22H34N4O4S/c1-25-14-19(13-20(25)21(23)27)31(29,30)26-10-8-16(9-11-26)22(28)24-18-7-6-15-4-2-3-5-17(15)12-18/h13-18H,2-12H2,1H3,(H2,23,27)(H,24,28)/t15-,17+,18-/m1/s1. The molecule has 2 saturated carbocycles. The number of aromatic nitrogens is 1. The number of sulfonamides is 1. The van der Waals surface area contributed by atoms with Crippen molar-refractivity contribution in [2.24, 2.45) is 30.5 Å². The van der Waals surface area contributed by atoms with Crippen LogP contribution in [0.2, 0.25) is 0 Å². The van der Waals surface area contributed by atoms with E-state index in [2.05, 4.69) is 5.32 Å². The van der Waals surface area contributed by atoms with Gasteiger partial charge in [0, 0.05) is 38.3 Å². The molecule has 0 bridgehead atoms. The number of piperidine rings is 1. The minimum atomic E-state index is -3.71. The lowest BCUT2D eigenvalue weighted by atomic mass is 9.69. The Morgan fingerprint density at radius 2 is 1.71 bits per heavy atom. The van der Waals surface area contributed by atoms with Gasteiger partial charge in [0.25, 0.3) is 5.91 Å². The number of nitrogens with one attached hydrogen (secondary N) is 1. The van der Waals surface area contributed by atoms with Crippen molar-refractivity contribution in [1.82, 2.24) is 14.2 Å². The third-order valence-electron chi connectivity index (χ3n) is 7.58. The summed E-state index contributed by atoms with van der Waals surface area (Å²) in [6.45, 7) is 0.604. The average Bonchev–Trinajstić information content (AvgIpc) is 3.16. The van der Waals surface area contributed by atoms with Gasteiger partial charge in [-0.05, 0) is 50.0 Å². The summed E-state index contributed by atoms with van der Waals surface area (Å²) in [4.78, 5) is 24.4. The van der Waals surface area contributed by atoms with E-state index in [9.17, 15) is 18.0 Å². The predicted octanol–water partition coefficient (Wildman–Crippen LogP) is 2.00. The molecule has 1 aliphatic heterocycles. The number of carbonyl (C=O) groups excluding carboxylic acids is 2. The molecule has 2 heterocycles. The smallest absolute Gasteiger partial charge is 0.265 e. The van der Waals surface area contributed by atoms with Crippen molar-refractivity contribution in [2.45, 2.75) is 68.7 Å². The average molecular weight is 451 g/mol. The number of carbonyl (C=O) groups is 2. The summed E-state index contributed by atoms with van der Waals surface area (Å²) < 4.78 is 28.8. The van der Waals surface area contributed by atoms with Crippen molar-refractivity contribution in [3.8, 4) is 0 Å². The highest BCUT2D eigenvalue weighted by Gasteiger charge is 2.36. The fourth-order valence-electron chi connectivity index (χ4n) is 5.75. The quantitative estimate of drug-likeness (QED) is 0.714. The molecule has 3 N–H and O–H groups in total. The van der Waals surface area contributed by atoms with Gasteiger partial charge >= 0.3 is 0 Å². The maximum absolute atomic E-state index is 13.0. The van der Waals surface area contributed by atoms with Crippen LogP contribution in [0.1, 0.15) is 68.3 Å². The largest absolute Gasteiger partial charge is 0.364 e. The molecule has 4 rings (SSSR count). The van der Waals surface area contributed by atoms with E-state index in [-0.39, 0.29) is 28.5 Å². The van der Waals surface area contributed by atoms with Crippen molar-refractivity contribution in [3.63, 3.8) is 0 Å². The Morgan fingerprint density at radius 3 is 2.35 bits per heavy atom. The van der Waals surface area contributed by atoms with Gasteiger partial charge in [0.05, 0.1) is 0 Å². The molecular formula is C22H34N4O4S. The first-order chi connectivity index (χ1) is 14.8. The van der Waals surface area contributed by atoms with E-state index in [0.29, 0.717) is 25.9 Å². The lowest BCUT2D eigenvalue weighted by Crippen LogP contribution is -2.47. The topological polar surface area (TPSA) is 114 Å². The number of hydrogen-bond donors (Lipinski definition) is 2. The minimum Gasteiger partial charge on any atom is -0.364 e. The number of primary amides is 1. The maximum atomic E-state index is 13.0. The first-order valence-electron chi connectivity index (χ1n) is 11.5. The molecule has 8 nitrogen and oxygen atoms in total. The predicted molar refractivity (Wildman–Crippen MR) is 117 cm³/mol. The Hall–Kier alpha value is -1.87. The molecule has 3 atom stereocenters. The van der Waals surface area contributed by atoms with Crippen LogP contribution in [0.15, 0.2) is 17.2 Å². The Bertz CT molecular complexity index is 933. The molecule has 3 fully saturated rings. The lowest BCUT2D eigenvalue weighted by Gasteiger charge is -2.40. The Morgan fingerprint density at radius 1 is 1.03 bits per heavy atom. The molecular weight excluding hydrogens is 416 g/mol. The van der Waals surface area contributed by atoms with Crippen LogP contribution in [0.3, 0.4) is 0 Å². The van der Waals surface area contributed by atoms with Crippen molar-refractivity contribution in [3.05, 3.63) is 18.0 Å². The second-order valence-corrected chi connectivity index (χ2v) is 11.5.